The third-order valence-electron chi connectivity index (χ3n) is 4.61. The average molecular weight is 403 g/mol. The number of rotatable bonds is 5. The Hall–Kier alpha value is -3.64. The normalized spacial score (nSPS) is 10.7. The van der Waals surface area contributed by atoms with E-state index >= 15 is 0 Å². The Bertz CT molecular complexity index is 1230. The van der Waals surface area contributed by atoms with Crippen LogP contribution in [0.1, 0.15) is 20.0 Å². The number of ether oxygens (including phenoxy) is 1. The number of fused-ring (bicyclic) bond motifs is 1. The Morgan fingerprint density at radius 3 is 2.48 bits per heavy atom. The number of carbonyl (C=O) groups excluding carboxylic acids is 1. The Balaban J connectivity index is 1.59. The van der Waals surface area contributed by atoms with E-state index in [4.69, 9.17) is 4.74 Å². The summed E-state index contributed by atoms with van der Waals surface area (Å²) in [4.78, 5) is 24.4. The fourth-order valence-corrected chi connectivity index (χ4v) is 3.91. The lowest BCUT2D eigenvalue weighted by Crippen LogP contribution is -2.13. The van der Waals surface area contributed by atoms with Crippen LogP contribution in [0.15, 0.2) is 72.1 Å². The van der Waals surface area contributed by atoms with Crippen LogP contribution in [0, 0.1) is 0 Å². The summed E-state index contributed by atoms with van der Waals surface area (Å²) in [5.74, 6) is -0.609. The van der Waals surface area contributed by atoms with E-state index in [1.54, 1.807) is 25.3 Å². The van der Waals surface area contributed by atoms with E-state index in [1.165, 1.54) is 17.4 Å². The molecule has 4 rings (SSSR count). The van der Waals surface area contributed by atoms with Crippen LogP contribution in [0.3, 0.4) is 0 Å². The van der Waals surface area contributed by atoms with Crippen LogP contribution in [0.4, 0.5) is 5.69 Å². The van der Waals surface area contributed by atoms with Crippen LogP contribution < -0.4 is 10.1 Å². The summed E-state index contributed by atoms with van der Waals surface area (Å²) in [5.41, 5.74) is 2.27. The quantitative estimate of drug-likeness (QED) is 0.460. The number of aromatic carboxylic acids is 1. The molecule has 0 unspecified atom stereocenters. The topological polar surface area (TPSA) is 75.6 Å². The van der Waals surface area contributed by atoms with Gasteiger partial charge in [-0.15, -0.1) is 11.3 Å². The van der Waals surface area contributed by atoms with Crippen molar-refractivity contribution in [1.82, 2.24) is 0 Å². The van der Waals surface area contributed by atoms with E-state index < -0.39 is 5.97 Å². The summed E-state index contributed by atoms with van der Waals surface area (Å²) in [6.07, 6.45) is 0. The van der Waals surface area contributed by atoms with Crippen molar-refractivity contribution in [3.8, 4) is 16.9 Å². The molecule has 1 aromatic heterocycles. The molecule has 2 N–H and O–H groups in total. The molecule has 0 aliphatic heterocycles. The summed E-state index contributed by atoms with van der Waals surface area (Å²) in [6.45, 7) is 0. The van der Waals surface area contributed by atoms with Crippen LogP contribution in [-0.4, -0.2) is 24.1 Å². The van der Waals surface area contributed by atoms with Gasteiger partial charge in [-0.3, -0.25) is 4.79 Å². The lowest BCUT2D eigenvalue weighted by atomic mass is 10.0. The molecule has 144 valence electrons. The molecule has 1 amide bonds. The second-order valence-electron chi connectivity index (χ2n) is 6.43. The summed E-state index contributed by atoms with van der Waals surface area (Å²) >= 11 is 1.32. The van der Waals surface area contributed by atoms with Crippen molar-refractivity contribution in [2.24, 2.45) is 0 Å². The minimum atomic E-state index is -1.08. The van der Waals surface area contributed by atoms with Gasteiger partial charge in [-0.1, -0.05) is 30.3 Å². The van der Waals surface area contributed by atoms with Crippen LogP contribution in [0.25, 0.3) is 21.9 Å². The number of nitrogens with one attached hydrogen (secondary N) is 1. The fraction of sp³-hybridized carbons (Fsp3) is 0.0435. The number of hydrogen-bond acceptors (Lipinski definition) is 4. The van der Waals surface area contributed by atoms with Crippen LogP contribution in [0.5, 0.6) is 5.75 Å². The highest BCUT2D eigenvalue weighted by molar-refractivity contribution is 7.12. The standard InChI is InChI=1S/C23H17NO4S/c1-28-18-9-8-14-10-15(6-7-16(14)11-18)17-12-21(29-13-17)22(25)24-20-5-3-2-4-19(20)23(26)27/h2-13H,1H3,(H,24,25)(H,26,27). The number of anilines is 1. The van der Waals surface area contributed by atoms with Crippen molar-refractivity contribution in [3.63, 3.8) is 0 Å². The van der Waals surface area contributed by atoms with E-state index in [0.717, 1.165) is 27.6 Å². The minimum Gasteiger partial charge on any atom is -0.497 e. The maximum atomic E-state index is 12.6. The molecule has 5 nitrogen and oxygen atoms in total. The molecule has 4 aromatic rings. The summed E-state index contributed by atoms with van der Waals surface area (Å²) < 4.78 is 5.26. The van der Waals surface area contributed by atoms with Gasteiger partial charge in [0.2, 0.25) is 0 Å². The lowest BCUT2D eigenvalue weighted by Gasteiger charge is -2.07. The predicted octanol–water partition coefficient (Wildman–Crippen LogP) is 5.53. The molecule has 3 aromatic carbocycles. The first-order valence-electron chi connectivity index (χ1n) is 8.85. The SMILES string of the molecule is COc1ccc2cc(-c3csc(C(=O)Nc4ccccc4C(=O)O)c3)ccc2c1. The predicted molar refractivity (Wildman–Crippen MR) is 115 cm³/mol. The molecule has 0 saturated carbocycles. The number of carboxylic acid groups (broad SMARTS) is 1. The zero-order valence-electron chi connectivity index (χ0n) is 15.5. The highest BCUT2D eigenvalue weighted by Crippen LogP contribution is 2.30. The molecule has 6 heteroatoms. The van der Waals surface area contributed by atoms with Gasteiger partial charge in [0.1, 0.15) is 5.75 Å². The monoisotopic (exact) mass is 403 g/mol. The van der Waals surface area contributed by atoms with Gasteiger partial charge in [-0.05, 0) is 63.7 Å². The average Bonchev–Trinajstić information content (AvgIpc) is 3.23. The molecule has 0 aliphatic carbocycles. The van der Waals surface area contributed by atoms with E-state index in [0.29, 0.717) is 4.88 Å². The highest BCUT2D eigenvalue weighted by Gasteiger charge is 2.15. The number of para-hydroxylation sites is 1. The van der Waals surface area contributed by atoms with Gasteiger partial charge >= 0.3 is 5.97 Å². The third kappa shape index (κ3) is 3.83. The first kappa shape index (κ1) is 18.7. The van der Waals surface area contributed by atoms with E-state index in [9.17, 15) is 14.7 Å². The second kappa shape index (κ2) is 7.77. The number of carboxylic acids is 1. The Kier molecular flexibility index (Phi) is 5.01. The van der Waals surface area contributed by atoms with Crippen molar-refractivity contribution < 1.29 is 19.4 Å². The van der Waals surface area contributed by atoms with Crippen LogP contribution in [0.2, 0.25) is 0 Å². The molecule has 0 fully saturated rings. The van der Waals surface area contributed by atoms with Crippen molar-refractivity contribution in [1.29, 1.82) is 0 Å². The molecular formula is C23H17NO4S. The van der Waals surface area contributed by atoms with Gasteiger partial charge in [-0.25, -0.2) is 4.79 Å². The molecule has 0 bridgehead atoms. The van der Waals surface area contributed by atoms with Gasteiger partial charge in [-0.2, -0.15) is 0 Å². The minimum absolute atomic E-state index is 0.0580. The van der Waals surface area contributed by atoms with Crippen molar-refractivity contribution >= 4 is 39.7 Å². The molecule has 0 saturated heterocycles. The molecular weight excluding hydrogens is 386 g/mol. The molecule has 0 radical (unpaired) electrons. The first-order valence-corrected chi connectivity index (χ1v) is 9.73. The highest BCUT2D eigenvalue weighted by atomic mass is 32.1. The van der Waals surface area contributed by atoms with Gasteiger partial charge in [0.15, 0.2) is 0 Å². The van der Waals surface area contributed by atoms with Gasteiger partial charge in [0.05, 0.1) is 23.2 Å². The van der Waals surface area contributed by atoms with E-state index in [-0.39, 0.29) is 17.2 Å². The Morgan fingerprint density at radius 2 is 1.69 bits per heavy atom. The zero-order valence-corrected chi connectivity index (χ0v) is 16.3. The number of hydrogen-bond donors (Lipinski definition) is 2. The number of thiophene rings is 1. The molecule has 1 heterocycles. The summed E-state index contributed by atoms with van der Waals surface area (Å²) in [7, 11) is 1.64. The van der Waals surface area contributed by atoms with Gasteiger partial charge in [0.25, 0.3) is 5.91 Å². The van der Waals surface area contributed by atoms with Gasteiger partial charge < -0.3 is 15.2 Å². The molecule has 0 aliphatic rings. The van der Waals surface area contributed by atoms with Crippen molar-refractivity contribution in [3.05, 3.63) is 82.6 Å². The van der Waals surface area contributed by atoms with E-state index in [1.807, 2.05) is 41.8 Å². The number of amides is 1. The number of methoxy groups -OCH3 is 1. The molecule has 0 spiro atoms. The molecule has 0 atom stereocenters. The second-order valence-corrected chi connectivity index (χ2v) is 7.34. The van der Waals surface area contributed by atoms with Crippen LogP contribution >= 0.6 is 11.3 Å². The maximum absolute atomic E-state index is 12.6. The Labute approximate surface area is 171 Å². The summed E-state index contributed by atoms with van der Waals surface area (Å²) in [5, 5.41) is 16.0. The van der Waals surface area contributed by atoms with Crippen LogP contribution in [-0.2, 0) is 0 Å². The number of benzene rings is 3. The zero-order chi connectivity index (χ0) is 20.4. The van der Waals surface area contributed by atoms with Gasteiger partial charge in [0, 0.05) is 0 Å². The fourth-order valence-electron chi connectivity index (χ4n) is 3.10. The van der Waals surface area contributed by atoms with Crippen molar-refractivity contribution in [2.75, 3.05) is 12.4 Å². The summed E-state index contributed by atoms with van der Waals surface area (Å²) in [6, 6.07) is 20.1. The number of carbonyl (C=O) groups is 2. The first-order chi connectivity index (χ1) is 14.0. The lowest BCUT2D eigenvalue weighted by molar-refractivity contribution is 0.0698. The maximum Gasteiger partial charge on any atom is 0.337 e. The van der Waals surface area contributed by atoms with Crippen molar-refractivity contribution in [2.45, 2.75) is 0 Å². The van der Waals surface area contributed by atoms with E-state index in [2.05, 4.69) is 11.4 Å². The smallest absolute Gasteiger partial charge is 0.337 e. The Morgan fingerprint density at radius 1 is 0.931 bits per heavy atom. The molecule has 29 heavy (non-hydrogen) atoms. The third-order valence-corrected chi connectivity index (χ3v) is 5.54. The largest absolute Gasteiger partial charge is 0.497 e.